The van der Waals surface area contributed by atoms with Crippen molar-refractivity contribution in [1.82, 2.24) is 20.0 Å². The molecule has 0 fully saturated rings. The van der Waals surface area contributed by atoms with E-state index in [1.54, 1.807) is 25.5 Å². The van der Waals surface area contributed by atoms with E-state index in [0.29, 0.717) is 34.5 Å². The highest BCUT2D eigenvalue weighted by molar-refractivity contribution is 6.10. The summed E-state index contributed by atoms with van der Waals surface area (Å²) >= 11 is 0. The number of rotatable bonds is 6. The molecule has 5 rings (SSSR count). The second-order valence-electron chi connectivity index (χ2n) is 7.25. The number of para-hydroxylation sites is 2. The molecule has 5 aromatic rings. The number of ether oxygens (including phenoxy) is 1. The summed E-state index contributed by atoms with van der Waals surface area (Å²) in [5.74, 6) is 1.05. The number of carbonyl (C=O) groups excluding carboxylic acids is 1. The standard InChI is InChI=1S/C24H20N6O3/c1-32-16-10-8-15(9-11-16)13-26-24(31)20-21-23(29-19-7-3-2-6-18(19)28-21)30(22(20)25)27-14-17-5-4-12-33-17/h2-12,14H,13,25H2,1H3,(H,26,31)/b27-14-. The number of carbonyl (C=O) groups is 1. The number of amides is 1. The first-order valence-corrected chi connectivity index (χ1v) is 10.2. The number of nitrogens with one attached hydrogen (secondary N) is 1. The molecule has 0 radical (unpaired) electrons. The van der Waals surface area contributed by atoms with Gasteiger partial charge < -0.3 is 20.2 Å². The van der Waals surface area contributed by atoms with Crippen molar-refractivity contribution in [3.05, 3.63) is 83.8 Å². The van der Waals surface area contributed by atoms with Crippen LogP contribution in [0.25, 0.3) is 22.2 Å². The Morgan fingerprint density at radius 2 is 1.88 bits per heavy atom. The van der Waals surface area contributed by atoms with Gasteiger partial charge in [0, 0.05) is 6.54 Å². The average Bonchev–Trinajstić information content (AvgIpc) is 3.45. The second kappa shape index (κ2) is 8.46. The summed E-state index contributed by atoms with van der Waals surface area (Å²) in [7, 11) is 1.61. The fraction of sp³-hybridized carbons (Fsp3) is 0.0833. The van der Waals surface area contributed by atoms with Gasteiger partial charge in [0.05, 0.1) is 30.6 Å². The predicted molar refractivity (Wildman–Crippen MR) is 125 cm³/mol. The first-order chi connectivity index (χ1) is 16.1. The van der Waals surface area contributed by atoms with Crippen LogP contribution in [-0.2, 0) is 6.54 Å². The number of methoxy groups -OCH3 is 1. The van der Waals surface area contributed by atoms with Crippen LogP contribution in [0.3, 0.4) is 0 Å². The molecule has 0 aliphatic rings. The summed E-state index contributed by atoms with van der Waals surface area (Å²) in [6.45, 7) is 0.311. The van der Waals surface area contributed by atoms with Gasteiger partial charge in [-0.05, 0) is 42.0 Å². The SMILES string of the molecule is COc1ccc(CNC(=O)c2c(N)n(/N=C\c3ccco3)c3nc4ccccc4nc23)cc1. The molecule has 3 heterocycles. The fourth-order valence-electron chi connectivity index (χ4n) is 3.48. The molecule has 2 aromatic carbocycles. The molecule has 33 heavy (non-hydrogen) atoms. The molecule has 164 valence electrons. The van der Waals surface area contributed by atoms with Gasteiger partial charge in [-0.2, -0.15) is 9.78 Å². The molecule has 9 nitrogen and oxygen atoms in total. The topological polar surface area (TPSA) is 121 Å². The number of hydrogen-bond acceptors (Lipinski definition) is 7. The summed E-state index contributed by atoms with van der Waals surface area (Å²) in [4.78, 5) is 22.5. The third kappa shape index (κ3) is 3.87. The number of furan rings is 1. The van der Waals surface area contributed by atoms with Crippen molar-refractivity contribution in [2.45, 2.75) is 6.54 Å². The Morgan fingerprint density at radius 1 is 1.12 bits per heavy atom. The molecule has 3 N–H and O–H groups in total. The average molecular weight is 440 g/mol. The molecule has 0 saturated heterocycles. The maximum atomic E-state index is 13.2. The van der Waals surface area contributed by atoms with Crippen molar-refractivity contribution in [2.75, 3.05) is 12.8 Å². The minimum absolute atomic E-state index is 0.135. The van der Waals surface area contributed by atoms with Crippen molar-refractivity contribution < 1.29 is 13.9 Å². The van der Waals surface area contributed by atoms with Crippen molar-refractivity contribution in [3.8, 4) is 5.75 Å². The van der Waals surface area contributed by atoms with E-state index in [1.165, 1.54) is 10.9 Å². The fourth-order valence-corrected chi connectivity index (χ4v) is 3.48. The van der Waals surface area contributed by atoms with Gasteiger partial charge in [0.2, 0.25) is 0 Å². The molecule has 0 aliphatic heterocycles. The lowest BCUT2D eigenvalue weighted by atomic mass is 10.2. The van der Waals surface area contributed by atoms with E-state index in [2.05, 4.69) is 20.4 Å². The van der Waals surface area contributed by atoms with Crippen molar-refractivity contribution >= 4 is 40.1 Å². The smallest absolute Gasteiger partial charge is 0.257 e. The predicted octanol–water partition coefficient (Wildman–Crippen LogP) is 3.58. The van der Waals surface area contributed by atoms with Crippen LogP contribution in [0.4, 0.5) is 5.82 Å². The van der Waals surface area contributed by atoms with Crippen LogP contribution >= 0.6 is 0 Å². The zero-order chi connectivity index (χ0) is 22.8. The van der Waals surface area contributed by atoms with E-state index in [0.717, 1.165) is 11.3 Å². The first kappa shape index (κ1) is 20.3. The lowest BCUT2D eigenvalue weighted by Gasteiger charge is -2.06. The Balaban J connectivity index is 1.55. The zero-order valence-electron chi connectivity index (χ0n) is 17.7. The van der Waals surface area contributed by atoms with Crippen LogP contribution in [0.15, 0.2) is 76.4 Å². The lowest BCUT2D eigenvalue weighted by Crippen LogP contribution is -2.23. The quantitative estimate of drug-likeness (QED) is 0.389. The molecular weight excluding hydrogens is 420 g/mol. The van der Waals surface area contributed by atoms with Crippen LogP contribution in [0.2, 0.25) is 0 Å². The summed E-state index contributed by atoms with van der Waals surface area (Å²) in [5, 5.41) is 7.31. The summed E-state index contributed by atoms with van der Waals surface area (Å²) in [5.41, 5.74) is 9.59. The van der Waals surface area contributed by atoms with Crippen LogP contribution in [0.1, 0.15) is 21.7 Å². The third-order valence-electron chi connectivity index (χ3n) is 5.16. The van der Waals surface area contributed by atoms with Crippen LogP contribution in [0.5, 0.6) is 5.75 Å². The molecule has 3 aromatic heterocycles. The Morgan fingerprint density at radius 3 is 2.58 bits per heavy atom. The largest absolute Gasteiger partial charge is 0.497 e. The molecular formula is C24H20N6O3. The maximum absolute atomic E-state index is 13.2. The van der Waals surface area contributed by atoms with Gasteiger partial charge in [-0.25, -0.2) is 9.97 Å². The summed E-state index contributed by atoms with van der Waals surface area (Å²) < 4.78 is 11.9. The van der Waals surface area contributed by atoms with Crippen molar-refractivity contribution in [1.29, 1.82) is 0 Å². The molecule has 0 aliphatic carbocycles. The molecule has 0 atom stereocenters. The minimum Gasteiger partial charge on any atom is -0.497 e. The van der Waals surface area contributed by atoms with Gasteiger partial charge in [-0.3, -0.25) is 4.79 Å². The monoisotopic (exact) mass is 440 g/mol. The molecule has 0 unspecified atom stereocenters. The van der Waals surface area contributed by atoms with Crippen molar-refractivity contribution in [3.63, 3.8) is 0 Å². The third-order valence-corrected chi connectivity index (χ3v) is 5.16. The molecule has 0 saturated carbocycles. The zero-order valence-corrected chi connectivity index (χ0v) is 17.7. The van der Waals surface area contributed by atoms with E-state index in [9.17, 15) is 4.79 Å². The Hall–Kier alpha value is -4.66. The van der Waals surface area contributed by atoms with E-state index < -0.39 is 0 Å². The van der Waals surface area contributed by atoms with E-state index in [-0.39, 0.29) is 17.3 Å². The Labute approximate surface area is 188 Å². The first-order valence-electron chi connectivity index (χ1n) is 10.2. The van der Waals surface area contributed by atoms with Gasteiger partial charge in [0.1, 0.15) is 28.4 Å². The number of fused-ring (bicyclic) bond motifs is 2. The van der Waals surface area contributed by atoms with Gasteiger partial charge in [0.25, 0.3) is 5.91 Å². The van der Waals surface area contributed by atoms with Gasteiger partial charge in [-0.15, -0.1) is 0 Å². The van der Waals surface area contributed by atoms with Crippen LogP contribution in [0, 0.1) is 0 Å². The number of benzene rings is 2. The summed E-state index contributed by atoms with van der Waals surface area (Å²) in [6.07, 6.45) is 3.05. The molecule has 0 spiro atoms. The highest BCUT2D eigenvalue weighted by Gasteiger charge is 2.24. The van der Waals surface area contributed by atoms with E-state index >= 15 is 0 Å². The minimum atomic E-state index is -0.371. The van der Waals surface area contributed by atoms with Gasteiger partial charge in [-0.1, -0.05) is 24.3 Å². The normalized spacial score (nSPS) is 11.4. The second-order valence-corrected chi connectivity index (χ2v) is 7.25. The Bertz CT molecular complexity index is 1470. The van der Waals surface area contributed by atoms with Gasteiger partial charge in [0.15, 0.2) is 5.65 Å². The Kier molecular flexibility index (Phi) is 5.19. The number of hydrogen-bond donors (Lipinski definition) is 2. The van der Waals surface area contributed by atoms with E-state index in [4.69, 9.17) is 14.9 Å². The number of nitrogen functional groups attached to an aromatic ring is 1. The van der Waals surface area contributed by atoms with Crippen LogP contribution < -0.4 is 15.8 Å². The number of nitrogens with zero attached hydrogens (tertiary/aromatic N) is 4. The number of aromatic nitrogens is 3. The van der Waals surface area contributed by atoms with Crippen molar-refractivity contribution in [2.24, 2.45) is 5.10 Å². The number of nitrogens with two attached hydrogens (primary N) is 1. The molecule has 0 bridgehead atoms. The molecule has 1 amide bonds. The number of anilines is 1. The summed E-state index contributed by atoms with van der Waals surface area (Å²) in [6, 6.07) is 18.4. The van der Waals surface area contributed by atoms with E-state index in [1.807, 2.05) is 48.5 Å². The van der Waals surface area contributed by atoms with Gasteiger partial charge >= 0.3 is 0 Å². The maximum Gasteiger partial charge on any atom is 0.257 e. The van der Waals surface area contributed by atoms with Crippen LogP contribution in [-0.4, -0.2) is 33.9 Å². The lowest BCUT2D eigenvalue weighted by molar-refractivity contribution is 0.0953. The highest BCUT2D eigenvalue weighted by Crippen LogP contribution is 2.28. The molecule has 9 heteroatoms. The highest BCUT2D eigenvalue weighted by atomic mass is 16.5.